The molecule has 0 aliphatic carbocycles. The zero-order valence-corrected chi connectivity index (χ0v) is 16.6. The van der Waals surface area contributed by atoms with Gasteiger partial charge in [-0.15, -0.1) is 24.0 Å². The maximum Gasteiger partial charge on any atom is 0.194 e. The third-order valence-electron chi connectivity index (χ3n) is 3.45. The van der Waals surface area contributed by atoms with Crippen molar-refractivity contribution in [2.75, 3.05) is 26.2 Å². The maximum atomic E-state index is 9.65. The number of guanidine groups is 1. The smallest absolute Gasteiger partial charge is 0.194 e. The van der Waals surface area contributed by atoms with Gasteiger partial charge >= 0.3 is 0 Å². The molecule has 0 saturated carbocycles. The molecule has 1 aromatic rings. The molecule has 23 heavy (non-hydrogen) atoms. The van der Waals surface area contributed by atoms with Crippen LogP contribution in [0.1, 0.15) is 20.3 Å². The van der Waals surface area contributed by atoms with Gasteiger partial charge in [-0.1, -0.05) is 11.6 Å². The number of benzene rings is 1. The fourth-order valence-corrected chi connectivity index (χ4v) is 2.48. The first-order valence-electron chi connectivity index (χ1n) is 7.72. The molecule has 2 N–H and O–H groups in total. The van der Waals surface area contributed by atoms with Gasteiger partial charge < -0.3 is 20.1 Å². The second-order valence-electron chi connectivity index (χ2n) is 5.47. The standard InChI is InChI=1S/C16H24ClN3O2.HI/c1-3-18-16(20-9-8-14(21)11-20)19-10-12(2)22-15-6-4-13(17)5-7-15;/h4-7,12,14,21H,3,8-11H2,1-2H3,(H,18,19);1H/t12?,14-;/m1./s1. The Bertz CT molecular complexity index is 499. The van der Waals surface area contributed by atoms with E-state index < -0.39 is 0 Å². The van der Waals surface area contributed by atoms with E-state index in [0.717, 1.165) is 31.2 Å². The van der Waals surface area contributed by atoms with Crippen molar-refractivity contribution in [1.82, 2.24) is 10.2 Å². The molecule has 0 amide bonds. The molecule has 1 unspecified atom stereocenters. The van der Waals surface area contributed by atoms with E-state index in [9.17, 15) is 5.11 Å². The summed E-state index contributed by atoms with van der Waals surface area (Å²) in [6.07, 6.45) is 0.496. The number of aliphatic hydroxyl groups is 1. The predicted molar refractivity (Wildman–Crippen MR) is 105 cm³/mol. The van der Waals surface area contributed by atoms with E-state index in [1.807, 2.05) is 38.1 Å². The summed E-state index contributed by atoms with van der Waals surface area (Å²) in [6.45, 7) is 6.85. The van der Waals surface area contributed by atoms with Crippen LogP contribution in [0.5, 0.6) is 5.75 Å². The number of halogens is 2. The Kier molecular flexibility index (Phi) is 9.01. The van der Waals surface area contributed by atoms with Crippen molar-refractivity contribution in [3.05, 3.63) is 29.3 Å². The van der Waals surface area contributed by atoms with Crippen LogP contribution >= 0.6 is 35.6 Å². The van der Waals surface area contributed by atoms with E-state index in [4.69, 9.17) is 16.3 Å². The van der Waals surface area contributed by atoms with Gasteiger partial charge in [0, 0.05) is 24.7 Å². The molecule has 7 heteroatoms. The van der Waals surface area contributed by atoms with Gasteiger partial charge in [0.1, 0.15) is 11.9 Å². The van der Waals surface area contributed by atoms with Crippen LogP contribution in [0, 0.1) is 0 Å². The van der Waals surface area contributed by atoms with Crippen LogP contribution < -0.4 is 10.1 Å². The lowest BCUT2D eigenvalue weighted by Gasteiger charge is -2.22. The lowest BCUT2D eigenvalue weighted by molar-refractivity contribution is 0.187. The van der Waals surface area contributed by atoms with Crippen LogP contribution in [0.4, 0.5) is 0 Å². The van der Waals surface area contributed by atoms with Gasteiger partial charge in [0.15, 0.2) is 5.96 Å². The molecule has 1 aromatic carbocycles. The van der Waals surface area contributed by atoms with Crippen molar-refractivity contribution in [2.45, 2.75) is 32.5 Å². The van der Waals surface area contributed by atoms with Crippen LogP contribution in [0.3, 0.4) is 0 Å². The monoisotopic (exact) mass is 453 g/mol. The number of hydrogen-bond acceptors (Lipinski definition) is 3. The van der Waals surface area contributed by atoms with Gasteiger partial charge in [-0.2, -0.15) is 0 Å². The highest BCUT2D eigenvalue weighted by Gasteiger charge is 2.22. The first kappa shape index (κ1) is 20.3. The summed E-state index contributed by atoms with van der Waals surface area (Å²) >= 11 is 5.86. The zero-order chi connectivity index (χ0) is 15.9. The summed E-state index contributed by atoms with van der Waals surface area (Å²) < 4.78 is 5.82. The first-order valence-corrected chi connectivity index (χ1v) is 8.09. The second-order valence-corrected chi connectivity index (χ2v) is 5.90. The Morgan fingerprint density at radius 3 is 2.74 bits per heavy atom. The molecule has 2 rings (SSSR count). The minimum Gasteiger partial charge on any atom is -0.489 e. The molecular weight excluding hydrogens is 429 g/mol. The predicted octanol–water partition coefficient (Wildman–Crippen LogP) is 2.76. The lowest BCUT2D eigenvalue weighted by atomic mass is 10.3. The summed E-state index contributed by atoms with van der Waals surface area (Å²) in [5.74, 6) is 1.62. The zero-order valence-electron chi connectivity index (χ0n) is 13.5. The fourth-order valence-electron chi connectivity index (χ4n) is 2.36. The number of nitrogens with zero attached hydrogens (tertiary/aromatic N) is 2. The van der Waals surface area contributed by atoms with E-state index in [0.29, 0.717) is 18.1 Å². The average Bonchev–Trinajstić information content (AvgIpc) is 2.92. The molecule has 0 radical (unpaired) electrons. The fraction of sp³-hybridized carbons (Fsp3) is 0.562. The van der Waals surface area contributed by atoms with Crippen molar-refractivity contribution >= 4 is 41.5 Å². The quantitative estimate of drug-likeness (QED) is 0.409. The van der Waals surface area contributed by atoms with Gasteiger partial charge in [-0.3, -0.25) is 0 Å². The number of hydrogen-bond donors (Lipinski definition) is 2. The third-order valence-corrected chi connectivity index (χ3v) is 3.70. The number of β-amino-alcohol motifs (C(OH)–C–C–N with tert-alkyl or cyclic N) is 1. The summed E-state index contributed by atoms with van der Waals surface area (Å²) in [7, 11) is 0. The van der Waals surface area contributed by atoms with Gasteiger partial charge in [0.05, 0.1) is 12.6 Å². The number of aliphatic imine (C=N–C) groups is 1. The molecule has 1 fully saturated rings. The summed E-state index contributed by atoms with van der Waals surface area (Å²) in [4.78, 5) is 6.70. The van der Waals surface area contributed by atoms with Crippen molar-refractivity contribution in [3.63, 3.8) is 0 Å². The second kappa shape index (κ2) is 10.2. The van der Waals surface area contributed by atoms with Crippen LogP contribution in [0.2, 0.25) is 5.02 Å². The first-order chi connectivity index (χ1) is 10.6. The highest BCUT2D eigenvalue weighted by atomic mass is 127. The Hall–Kier alpha value is -0.730. The minimum absolute atomic E-state index is 0. The Labute approximate surface area is 160 Å². The van der Waals surface area contributed by atoms with Gasteiger partial charge in [0.25, 0.3) is 0 Å². The van der Waals surface area contributed by atoms with E-state index in [2.05, 4.69) is 15.2 Å². The number of rotatable bonds is 5. The third kappa shape index (κ3) is 6.73. The molecule has 130 valence electrons. The lowest BCUT2D eigenvalue weighted by Crippen LogP contribution is -2.41. The topological polar surface area (TPSA) is 57.1 Å². The van der Waals surface area contributed by atoms with Crippen molar-refractivity contribution in [2.24, 2.45) is 4.99 Å². The molecular formula is C16H25ClIN3O2. The van der Waals surface area contributed by atoms with E-state index in [1.165, 1.54) is 0 Å². The van der Waals surface area contributed by atoms with Crippen LogP contribution in [0.25, 0.3) is 0 Å². The molecule has 1 saturated heterocycles. The summed E-state index contributed by atoms with van der Waals surface area (Å²) in [5.41, 5.74) is 0. The number of aliphatic hydroxyl groups excluding tert-OH is 1. The number of nitrogens with one attached hydrogen (secondary N) is 1. The van der Waals surface area contributed by atoms with Crippen molar-refractivity contribution < 1.29 is 9.84 Å². The molecule has 0 aromatic heterocycles. The summed E-state index contributed by atoms with van der Waals surface area (Å²) in [6, 6.07) is 7.32. The maximum absolute atomic E-state index is 9.65. The van der Waals surface area contributed by atoms with E-state index >= 15 is 0 Å². The Morgan fingerprint density at radius 1 is 1.48 bits per heavy atom. The normalized spacial score (nSPS) is 19.2. The Morgan fingerprint density at radius 2 is 2.17 bits per heavy atom. The largest absolute Gasteiger partial charge is 0.489 e. The minimum atomic E-state index is -0.258. The number of likely N-dealkylation sites (tertiary alicyclic amines) is 1. The molecule has 1 heterocycles. The van der Waals surface area contributed by atoms with E-state index in [1.54, 1.807) is 0 Å². The van der Waals surface area contributed by atoms with Crippen molar-refractivity contribution in [3.8, 4) is 5.75 Å². The number of ether oxygens (including phenoxy) is 1. The van der Waals surface area contributed by atoms with Crippen LogP contribution in [-0.4, -0.2) is 54.4 Å². The molecule has 1 aliphatic heterocycles. The molecule has 0 spiro atoms. The Balaban J connectivity index is 0.00000264. The van der Waals surface area contributed by atoms with Crippen LogP contribution in [0.15, 0.2) is 29.3 Å². The van der Waals surface area contributed by atoms with E-state index in [-0.39, 0.29) is 36.2 Å². The van der Waals surface area contributed by atoms with Gasteiger partial charge in [-0.05, 0) is 44.5 Å². The van der Waals surface area contributed by atoms with Gasteiger partial charge in [-0.25, -0.2) is 4.99 Å². The molecule has 5 nitrogen and oxygen atoms in total. The van der Waals surface area contributed by atoms with Crippen LogP contribution in [-0.2, 0) is 0 Å². The molecule has 2 atom stereocenters. The molecule has 1 aliphatic rings. The van der Waals surface area contributed by atoms with Crippen molar-refractivity contribution in [1.29, 1.82) is 0 Å². The summed E-state index contributed by atoms with van der Waals surface area (Å²) in [5, 5.41) is 13.6. The molecule has 0 bridgehead atoms. The highest BCUT2D eigenvalue weighted by molar-refractivity contribution is 14.0. The van der Waals surface area contributed by atoms with Gasteiger partial charge in [0.2, 0.25) is 0 Å². The SMILES string of the molecule is CCNC(=NCC(C)Oc1ccc(Cl)cc1)N1CC[C@@H](O)C1.I. The average molecular weight is 454 g/mol. The highest BCUT2D eigenvalue weighted by Crippen LogP contribution is 2.17.